The van der Waals surface area contributed by atoms with E-state index in [1.165, 1.54) is 12.8 Å². The van der Waals surface area contributed by atoms with Crippen LogP contribution < -0.4 is 0 Å². The van der Waals surface area contributed by atoms with Crippen LogP contribution in [0.25, 0.3) is 0 Å². The third-order valence-corrected chi connectivity index (χ3v) is 4.26. The summed E-state index contributed by atoms with van der Waals surface area (Å²) in [6, 6.07) is 0. The Bertz CT molecular complexity index is 203. The van der Waals surface area contributed by atoms with Gasteiger partial charge in [0.15, 0.2) is 0 Å². The maximum atomic E-state index is 10.7. The number of thioether (sulfide) groups is 1. The molecule has 0 aromatic carbocycles. The highest BCUT2D eigenvalue weighted by Gasteiger charge is 2.32. The summed E-state index contributed by atoms with van der Waals surface area (Å²) in [4.78, 5) is 10.7. The largest absolute Gasteiger partial charge is 0.473 e. The first-order valence-electron chi connectivity index (χ1n) is 5.40. The lowest BCUT2D eigenvalue weighted by Crippen LogP contribution is -2.30. The van der Waals surface area contributed by atoms with Crippen LogP contribution in [-0.2, 0) is 0 Å². The molecule has 1 aliphatic rings. The summed E-state index contributed by atoms with van der Waals surface area (Å²) in [6.07, 6.45) is 3.53. The Morgan fingerprint density at radius 3 is 2.57 bits per heavy atom. The molecule has 0 spiro atoms. The summed E-state index contributed by atoms with van der Waals surface area (Å²) in [5.74, 6) is 1.90. The summed E-state index contributed by atoms with van der Waals surface area (Å²) in [6.45, 7) is 6.64. The van der Waals surface area contributed by atoms with E-state index < -0.39 is 5.30 Å². The second-order valence-electron chi connectivity index (χ2n) is 4.75. The van der Waals surface area contributed by atoms with E-state index in [1.807, 2.05) is 0 Å². The molecule has 14 heavy (non-hydrogen) atoms. The number of carboxylic acid groups (broad SMARTS) is 1. The zero-order valence-electron chi connectivity index (χ0n) is 9.19. The van der Waals surface area contributed by atoms with Crippen molar-refractivity contribution in [2.75, 3.05) is 0 Å². The lowest BCUT2D eigenvalue weighted by Gasteiger charge is -2.35. The molecule has 0 unspecified atom stereocenters. The molecule has 2 nitrogen and oxygen atoms in total. The van der Waals surface area contributed by atoms with Crippen LogP contribution in [0.15, 0.2) is 0 Å². The van der Waals surface area contributed by atoms with Gasteiger partial charge in [0.25, 0.3) is 0 Å². The molecule has 0 amide bonds. The average molecular weight is 216 g/mol. The van der Waals surface area contributed by atoms with E-state index in [9.17, 15) is 4.79 Å². The highest BCUT2D eigenvalue weighted by atomic mass is 32.2. The minimum absolute atomic E-state index is 0.330. The Balaban J connectivity index is 2.58. The van der Waals surface area contributed by atoms with Gasteiger partial charge in [-0.3, -0.25) is 0 Å². The molecule has 1 rings (SSSR count). The Morgan fingerprint density at radius 2 is 2.07 bits per heavy atom. The van der Waals surface area contributed by atoms with Crippen molar-refractivity contribution < 1.29 is 9.90 Å². The normalized spacial score (nSPS) is 33.3. The van der Waals surface area contributed by atoms with Crippen molar-refractivity contribution in [2.24, 2.45) is 17.8 Å². The van der Waals surface area contributed by atoms with E-state index in [0.29, 0.717) is 23.0 Å². The van der Waals surface area contributed by atoms with E-state index in [2.05, 4.69) is 20.8 Å². The summed E-state index contributed by atoms with van der Waals surface area (Å²) in [5.41, 5.74) is 0. The third-order valence-electron chi connectivity index (χ3n) is 3.21. The second-order valence-corrected chi connectivity index (χ2v) is 5.94. The molecule has 1 saturated carbocycles. The zero-order valence-corrected chi connectivity index (χ0v) is 10.0. The highest BCUT2D eigenvalue weighted by Crippen LogP contribution is 2.40. The Kier molecular flexibility index (Phi) is 4.30. The number of rotatable bonds is 2. The summed E-state index contributed by atoms with van der Waals surface area (Å²) < 4.78 is 0. The molecule has 0 aromatic rings. The van der Waals surface area contributed by atoms with Crippen molar-refractivity contribution in [3.05, 3.63) is 0 Å². The smallest absolute Gasteiger partial charge is 0.365 e. The maximum Gasteiger partial charge on any atom is 0.365 e. The zero-order chi connectivity index (χ0) is 10.7. The van der Waals surface area contributed by atoms with Crippen molar-refractivity contribution in [3.8, 4) is 0 Å². The quantitative estimate of drug-likeness (QED) is 0.761. The van der Waals surface area contributed by atoms with Gasteiger partial charge in [-0.25, -0.2) is 4.79 Å². The van der Waals surface area contributed by atoms with Gasteiger partial charge in [0.05, 0.1) is 0 Å². The van der Waals surface area contributed by atoms with Crippen molar-refractivity contribution in [2.45, 2.75) is 45.3 Å². The summed E-state index contributed by atoms with van der Waals surface area (Å²) in [7, 11) is 0. The van der Waals surface area contributed by atoms with Gasteiger partial charge in [-0.2, -0.15) is 0 Å². The van der Waals surface area contributed by atoms with Gasteiger partial charge in [-0.15, -0.1) is 0 Å². The SMILES string of the molecule is CC(C)[C@@H]1CC[C@@H](C)C[C@@H]1SC(=O)O. The standard InChI is InChI=1S/C11H20O2S/c1-7(2)9-5-4-8(3)6-10(9)14-11(12)13/h7-10H,4-6H2,1-3H3,(H,12,13)/t8-,9+,10+/m1/s1. The van der Waals surface area contributed by atoms with Gasteiger partial charge < -0.3 is 5.11 Å². The van der Waals surface area contributed by atoms with Gasteiger partial charge in [0.1, 0.15) is 0 Å². The van der Waals surface area contributed by atoms with Crippen LogP contribution in [0.5, 0.6) is 0 Å². The minimum Gasteiger partial charge on any atom is -0.473 e. The lowest BCUT2D eigenvalue weighted by molar-refractivity contribution is 0.219. The minimum atomic E-state index is -0.713. The first-order chi connectivity index (χ1) is 6.50. The molecule has 3 atom stereocenters. The number of hydrogen-bond acceptors (Lipinski definition) is 2. The fraction of sp³-hybridized carbons (Fsp3) is 0.909. The van der Waals surface area contributed by atoms with Crippen LogP contribution in [0.3, 0.4) is 0 Å². The molecule has 82 valence electrons. The van der Waals surface area contributed by atoms with Gasteiger partial charge in [0, 0.05) is 5.25 Å². The van der Waals surface area contributed by atoms with Gasteiger partial charge >= 0.3 is 5.30 Å². The van der Waals surface area contributed by atoms with Crippen molar-refractivity contribution >= 4 is 17.1 Å². The molecule has 0 bridgehead atoms. The van der Waals surface area contributed by atoms with Crippen molar-refractivity contribution in [1.29, 1.82) is 0 Å². The predicted octanol–water partition coefficient (Wildman–Crippen LogP) is 3.86. The molecule has 0 aliphatic heterocycles. The van der Waals surface area contributed by atoms with Gasteiger partial charge in [-0.05, 0) is 42.4 Å². The Hall–Kier alpha value is -0.180. The van der Waals surface area contributed by atoms with E-state index in [4.69, 9.17) is 5.11 Å². The maximum absolute atomic E-state index is 10.7. The number of carbonyl (C=O) groups is 1. The molecule has 0 aromatic heterocycles. The van der Waals surface area contributed by atoms with Crippen molar-refractivity contribution in [1.82, 2.24) is 0 Å². The second kappa shape index (κ2) is 5.06. The van der Waals surface area contributed by atoms with E-state index in [1.54, 1.807) is 0 Å². The average Bonchev–Trinajstić information content (AvgIpc) is 2.01. The van der Waals surface area contributed by atoms with Crippen LogP contribution in [0.1, 0.15) is 40.0 Å². The first-order valence-corrected chi connectivity index (χ1v) is 6.28. The summed E-state index contributed by atoms with van der Waals surface area (Å²) in [5, 5.41) is 8.43. The third kappa shape index (κ3) is 3.19. The van der Waals surface area contributed by atoms with Crippen LogP contribution in [0.4, 0.5) is 4.79 Å². The monoisotopic (exact) mass is 216 g/mol. The number of hydrogen-bond donors (Lipinski definition) is 1. The fourth-order valence-electron chi connectivity index (χ4n) is 2.38. The Morgan fingerprint density at radius 1 is 1.43 bits per heavy atom. The summed E-state index contributed by atoms with van der Waals surface area (Å²) >= 11 is 1.13. The molecule has 0 heterocycles. The molecule has 1 fully saturated rings. The van der Waals surface area contributed by atoms with Gasteiger partial charge in [-0.1, -0.05) is 27.2 Å². The van der Waals surface area contributed by atoms with E-state index >= 15 is 0 Å². The lowest BCUT2D eigenvalue weighted by atomic mass is 9.77. The predicted molar refractivity (Wildman–Crippen MR) is 60.7 cm³/mol. The highest BCUT2D eigenvalue weighted by molar-refractivity contribution is 8.13. The fourth-order valence-corrected chi connectivity index (χ4v) is 3.69. The van der Waals surface area contributed by atoms with E-state index in [-0.39, 0.29) is 0 Å². The van der Waals surface area contributed by atoms with Crippen LogP contribution >= 0.6 is 11.8 Å². The molecular weight excluding hydrogens is 196 g/mol. The molecular formula is C11H20O2S. The van der Waals surface area contributed by atoms with Crippen molar-refractivity contribution in [3.63, 3.8) is 0 Å². The first kappa shape index (κ1) is 11.9. The van der Waals surface area contributed by atoms with Gasteiger partial charge in [0.2, 0.25) is 0 Å². The molecule has 1 N–H and O–H groups in total. The molecule has 3 heteroatoms. The topological polar surface area (TPSA) is 37.3 Å². The van der Waals surface area contributed by atoms with E-state index in [0.717, 1.165) is 18.2 Å². The van der Waals surface area contributed by atoms with Crippen LogP contribution in [-0.4, -0.2) is 15.7 Å². The molecule has 1 aliphatic carbocycles. The molecule has 0 radical (unpaired) electrons. The molecule has 0 saturated heterocycles. The van der Waals surface area contributed by atoms with Crippen LogP contribution in [0, 0.1) is 17.8 Å². The van der Waals surface area contributed by atoms with Crippen LogP contribution in [0.2, 0.25) is 0 Å². The Labute approximate surface area is 90.5 Å².